The van der Waals surface area contributed by atoms with Crippen molar-refractivity contribution < 1.29 is 14.2 Å². The molecule has 9 heteroatoms. The molecule has 0 fully saturated rings. The highest BCUT2D eigenvalue weighted by atomic mass is 35.5. The summed E-state index contributed by atoms with van der Waals surface area (Å²) in [5.41, 5.74) is 1.38. The van der Waals surface area contributed by atoms with Gasteiger partial charge in [0, 0.05) is 22.2 Å². The number of benzene rings is 2. The summed E-state index contributed by atoms with van der Waals surface area (Å²) in [4.78, 5) is 8.34. The van der Waals surface area contributed by atoms with Gasteiger partial charge in [0.2, 0.25) is 11.8 Å². The van der Waals surface area contributed by atoms with E-state index in [2.05, 4.69) is 15.3 Å². The lowest BCUT2D eigenvalue weighted by Crippen LogP contribution is -2.04. The van der Waals surface area contributed by atoms with Gasteiger partial charge in [-0.1, -0.05) is 40.9 Å². The van der Waals surface area contributed by atoms with Gasteiger partial charge in [0.15, 0.2) is 0 Å². The first-order valence-corrected chi connectivity index (χ1v) is 9.24. The summed E-state index contributed by atoms with van der Waals surface area (Å²) in [6, 6.07) is 12.1. The second kappa shape index (κ2) is 9.19. The highest BCUT2D eigenvalue weighted by Gasteiger charge is 2.14. The van der Waals surface area contributed by atoms with Gasteiger partial charge in [-0.15, -0.1) is 0 Å². The molecule has 0 aliphatic heterocycles. The second-order valence-electron chi connectivity index (χ2n) is 5.53. The van der Waals surface area contributed by atoms with Crippen molar-refractivity contribution in [3.8, 4) is 23.5 Å². The Hall–Kier alpha value is -2.41. The van der Waals surface area contributed by atoms with Gasteiger partial charge in [-0.3, -0.25) is 0 Å². The van der Waals surface area contributed by atoms with Gasteiger partial charge in [-0.2, -0.15) is 9.97 Å². The van der Waals surface area contributed by atoms with E-state index in [0.29, 0.717) is 50.4 Å². The van der Waals surface area contributed by atoms with E-state index < -0.39 is 0 Å². The molecule has 6 nitrogen and oxygen atoms in total. The van der Waals surface area contributed by atoms with E-state index in [9.17, 15) is 0 Å². The molecule has 28 heavy (non-hydrogen) atoms. The van der Waals surface area contributed by atoms with E-state index in [-0.39, 0.29) is 6.01 Å². The van der Waals surface area contributed by atoms with Crippen molar-refractivity contribution in [3.63, 3.8) is 0 Å². The van der Waals surface area contributed by atoms with Crippen molar-refractivity contribution in [2.45, 2.75) is 6.54 Å². The van der Waals surface area contributed by atoms with Gasteiger partial charge in [-0.05, 0) is 30.3 Å². The standard InChI is InChI=1S/C19H16Cl3N3O3/c1-26-17-9-18(27-2)25-19(24-17)28-16-5-3-4-13(21)12(16)10-23-15-8-11(20)6-7-14(15)22/h3-9,23H,10H2,1-2H3. The topological polar surface area (TPSA) is 65.5 Å². The van der Waals surface area contributed by atoms with Gasteiger partial charge in [0.05, 0.1) is 31.0 Å². The Morgan fingerprint density at radius 3 is 2.29 bits per heavy atom. The number of methoxy groups -OCH3 is 2. The van der Waals surface area contributed by atoms with Crippen LogP contribution in [0, 0.1) is 0 Å². The summed E-state index contributed by atoms with van der Waals surface area (Å²) in [5, 5.41) is 4.83. The van der Waals surface area contributed by atoms with Crippen LogP contribution in [0.5, 0.6) is 23.5 Å². The molecule has 1 heterocycles. The molecule has 0 aliphatic rings. The van der Waals surface area contributed by atoms with Crippen molar-refractivity contribution in [3.05, 3.63) is 63.1 Å². The van der Waals surface area contributed by atoms with Gasteiger partial charge in [-0.25, -0.2) is 0 Å². The third-order valence-corrected chi connectivity index (χ3v) is 4.66. The van der Waals surface area contributed by atoms with E-state index in [1.165, 1.54) is 14.2 Å². The molecule has 0 spiro atoms. The zero-order valence-electron chi connectivity index (χ0n) is 15.0. The van der Waals surface area contributed by atoms with Crippen LogP contribution in [0.3, 0.4) is 0 Å². The fourth-order valence-electron chi connectivity index (χ4n) is 2.36. The Morgan fingerprint density at radius 2 is 1.61 bits per heavy atom. The molecule has 2 aromatic carbocycles. The first-order valence-electron chi connectivity index (χ1n) is 8.11. The minimum absolute atomic E-state index is 0.0699. The molecule has 3 rings (SSSR count). The Balaban J connectivity index is 1.87. The van der Waals surface area contributed by atoms with Crippen LogP contribution in [0.4, 0.5) is 5.69 Å². The SMILES string of the molecule is COc1cc(OC)nc(Oc2cccc(Cl)c2CNc2cc(Cl)ccc2Cl)n1. The van der Waals surface area contributed by atoms with Gasteiger partial charge < -0.3 is 19.5 Å². The zero-order valence-corrected chi connectivity index (χ0v) is 17.3. The number of anilines is 1. The maximum atomic E-state index is 6.38. The summed E-state index contributed by atoms with van der Waals surface area (Å²) in [6.45, 7) is 0.343. The predicted molar refractivity (Wildman–Crippen MR) is 110 cm³/mol. The maximum absolute atomic E-state index is 6.38. The largest absolute Gasteiger partial charge is 0.481 e. The first-order chi connectivity index (χ1) is 13.5. The van der Waals surface area contributed by atoms with Crippen LogP contribution in [0.2, 0.25) is 15.1 Å². The number of nitrogens with zero attached hydrogens (tertiary/aromatic N) is 2. The molecular weight excluding hydrogens is 425 g/mol. The number of rotatable bonds is 7. The van der Waals surface area contributed by atoms with E-state index in [4.69, 9.17) is 49.0 Å². The fourth-order valence-corrected chi connectivity index (χ4v) is 2.95. The average molecular weight is 441 g/mol. The molecule has 0 bridgehead atoms. The van der Waals surface area contributed by atoms with E-state index >= 15 is 0 Å². The molecule has 0 saturated heterocycles. The molecule has 0 saturated carbocycles. The number of aromatic nitrogens is 2. The van der Waals surface area contributed by atoms with Gasteiger partial charge in [0.1, 0.15) is 5.75 Å². The Morgan fingerprint density at radius 1 is 0.893 bits per heavy atom. The minimum atomic E-state index is 0.0699. The predicted octanol–water partition coefficient (Wildman–Crippen LogP) is 5.86. The molecule has 1 N–H and O–H groups in total. The quantitative estimate of drug-likeness (QED) is 0.496. The van der Waals surface area contributed by atoms with Crippen LogP contribution in [-0.4, -0.2) is 24.2 Å². The van der Waals surface area contributed by atoms with Crippen molar-refractivity contribution in [1.29, 1.82) is 0 Å². The Labute approximate surface area is 177 Å². The Kier molecular flexibility index (Phi) is 6.67. The highest BCUT2D eigenvalue weighted by molar-refractivity contribution is 6.35. The lowest BCUT2D eigenvalue weighted by Gasteiger charge is -2.14. The molecule has 0 radical (unpaired) electrons. The summed E-state index contributed by atoms with van der Waals surface area (Å²) >= 11 is 18.6. The van der Waals surface area contributed by atoms with Crippen molar-refractivity contribution in [2.75, 3.05) is 19.5 Å². The van der Waals surface area contributed by atoms with E-state index in [0.717, 1.165) is 0 Å². The normalized spacial score (nSPS) is 10.5. The summed E-state index contributed by atoms with van der Waals surface area (Å²) < 4.78 is 16.1. The lowest BCUT2D eigenvalue weighted by atomic mass is 10.2. The molecule has 0 aliphatic carbocycles. The number of hydrogen-bond acceptors (Lipinski definition) is 6. The highest BCUT2D eigenvalue weighted by Crippen LogP contribution is 2.33. The summed E-state index contributed by atoms with van der Waals surface area (Å²) in [6.07, 6.45) is 0. The van der Waals surface area contributed by atoms with Crippen molar-refractivity contribution in [2.24, 2.45) is 0 Å². The molecule has 0 amide bonds. The number of hydrogen-bond donors (Lipinski definition) is 1. The molecule has 3 aromatic rings. The van der Waals surface area contributed by atoms with Crippen molar-refractivity contribution >= 4 is 40.5 Å². The first kappa shape index (κ1) is 20.3. The average Bonchev–Trinajstić information content (AvgIpc) is 2.69. The zero-order chi connectivity index (χ0) is 20.1. The van der Waals surface area contributed by atoms with E-state index in [1.807, 2.05) is 0 Å². The summed E-state index contributed by atoms with van der Waals surface area (Å²) in [5.74, 6) is 1.11. The van der Waals surface area contributed by atoms with Crippen LogP contribution >= 0.6 is 34.8 Å². The van der Waals surface area contributed by atoms with E-state index in [1.54, 1.807) is 42.5 Å². The maximum Gasteiger partial charge on any atom is 0.328 e. The molecule has 0 atom stereocenters. The van der Waals surface area contributed by atoms with Crippen LogP contribution in [-0.2, 0) is 6.54 Å². The monoisotopic (exact) mass is 439 g/mol. The fraction of sp³-hybridized carbons (Fsp3) is 0.158. The molecular formula is C19H16Cl3N3O3. The van der Waals surface area contributed by atoms with Gasteiger partial charge in [0.25, 0.3) is 0 Å². The van der Waals surface area contributed by atoms with Crippen LogP contribution < -0.4 is 19.5 Å². The second-order valence-corrected chi connectivity index (χ2v) is 6.78. The van der Waals surface area contributed by atoms with Crippen LogP contribution in [0.1, 0.15) is 5.56 Å². The van der Waals surface area contributed by atoms with Gasteiger partial charge >= 0.3 is 6.01 Å². The molecule has 146 valence electrons. The smallest absolute Gasteiger partial charge is 0.328 e. The molecule has 0 unspecified atom stereocenters. The van der Waals surface area contributed by atoms with Crippen molar-refractivity contribution in [1.82, 2.24) is 9.97 Å². The number of ether oxygens (including phenoxy) is 3. The minimum Gasteiger partial charge on any atom is -0.481 e. The number of nitrogens with one attached hydrogen (secondary N) is 1. The van der Waals surface area contributed by atoms with Crippen LogP contribution in [0.15, 0.2) is 42.5 Å². The van der Waals surface area contributed by atoms with Crippen LogP contribution in [0.25, 0.3) is 0 Å². The Bertz CT molecular complexity index is 964. The number of halogens is 3. The third-order valence-electron chi connectivity index (χ3n) is 3.74. The lowest BCUT2D eigenvalue weighted by molar-refractivity contribution is 0.347. The third kappa shape index (κ3) is 4.90. The summed E-state index contributed by atoms with van der Waals surface area (Å²) in [7, 11) is 2.99. The molecule has 1 aromatic heterocycles.